The van der Waals surface area contributed by atoms with E-state index in [9.17, 15) is 4.79 Å². The highest BCUT2D eigenvalue weighted by Crippen LogP contribution is 2.15. The van der Waals surface area contributed by atoms with Crippen molar-refractivity contribution < 1.29 is 4.79 Å². The molecular weight excluding hydrogens is 302 g/mol. The summed E-state index contributed by atoms with van der Waals surface area (Å²) in [5.41, 5.74) is 4.32. The number of carbonyl (C=O) groups excluding carboxylic acids is 1. The highest BCUT2D eigenvalue weighted by Gasteiger charge is 2.11. The topological polar surface area (TPSA) is 66.8 Å². The number of fused-ring (bicyclic) bond motifs is 1. The summed E-state index contributed by atoms with van der Waals surface area (Å²) >= 11 is 0. The smallest absolute Gasteiger partial charge is 0.222 e. The third-order valence-electron chi connectivity index (χ3n) is 4.26. The predicted octanol–water partition coefficient (Wildman–Crippen LogP) is 2.24. The Balaban J connectivity index is 1.53. The van der Waals surface area contributed by atoms with Crippen LogP contribution in [-0.4, -0.2) is 44.1 Å². The summed E-state index contributed by atoms with van der Waals surface area (Å²) in [6.45, 7) is 2.71. The number of imidazole rings is 1. The number of likely N-dealkylation sites (N-methyl/N-ethyl adjacent to an activating group) is 1. The predicted molar refractivity (Wildman–Crippen MR) is 93.7 cm³/mol. The Morgan fingerprint density at radius 1 is 1.33 bits per heavy atom. The molecule has 6 nitrogen and oxygen atoms in total. The van der Waals surface area contributed by atoms with Crippen LogP contribution in [0.2, 0.25) is 0 Å². The van der Waals surface area contributed by atoms with Crippen LogP contribution in [-0.2, 0) is 24.7 Å². The lowest BCUT2D eigenvalue weighted by atomic mass is 10.2. The SMILES string of the molecule is Cc1cccc2[nH]c(CCN(C)C(=O)CCc3cnn(C)c3)nc12. The minimum Gasteiger partial charge on any atom is -0.345 e. The maximum absolute atomic E-state index is 12.2. The van der Waals surface area contributed by atoms with E-state index in [4.69, 9.17) is 0 Å². The molecule has 0 aliphatic carbocycles. The van der Waals surface area contributed by atoms with Gasteiger partial charge in [0.2, 0.25) is 5.91 Å². The molecule has 0 bridgehead atoms. The zero-order valence-corrected chi connectivity index (χ0v) is 14.4. The summed E-state index contributed by atoms with van der Waals surface area (Å²) in [6, 6.07) is 6.11. The number of aryl methyl sites for hydroxylation is 3. The van der Waals surface area contributed by atoms with Crippen molar-refractivity contribution in [2.24, 2.45) is 7.05 Å². The lowest BCUT2D eigenvalue weighted by Gasteiger charge is -2.16. The van der Waals surface area contributed by atoms with Gasteiger partial charge in [0.05, 0.1) is 17.2 Å². The first-order valence-corrected chi connectivity index (χ1v) is 8.18. The van der Waals surface area contributed by atoms with Gasteiger partial charge in [-0.3, -0.25) is 9.48 Å². The van der Waals surface area contributed by atoms with Gasteiger partial charge in [-0.05, 0) is 30.5 Å². The maximum atomic E-state index is 12.2. The van der Waals surface area contributed by atoms with Crippen molar-refractivity contribution in [3.8, 4) is 0 Å². The normalized spacial score (nSPS) is 11.1. The van der Waals surface area contributed by atoms with Gasteiger partial charge in [0.25, 0.3) is 0 Å². The number of para-hydroxylation sites is 1. The highest BCUT2D eigenvalue weighted by molar-refractivity contribution is 5.78. The number of hydrogen-bond donors (Lipinski definition) is 1. The second-order valence-corrected chi connectivity index (χ2v) is 6.24. The number of hydrogen-bond acceptors (Lipinski definition) is 3. The van der Waals surface area contributed by atoms with Gasteiger partial charge >= 0.3 is 0 Å². The number of nitrogens with zero attached hydrogens (tertiary/aromatic N) is 4. The number of nitrogens with one attached hydrogen (secondary N) is 1. The molecular formula is C18H23N5O. The molecule has 3 aromatic rings. The Morgan fingerprint density at radius 3 is 2.88 bits per heavy atom. The molecule has 0 unspecified atom stereocenters. The van der Waals surface area contributed by atoms with E-state index in [1.165, 1.54) is 0 Å². The van der Waals surface area contributed by atoms with Crippen molar-refractivity contribution >= 4 is 16.9 Å². The number of benzene rings is 1. The van der Waals surface area contributed by atoms with Crippen molar-refractivity contribution in [3.63, 3.8) is 0 Å². The van der Waals surface area contributed by atoms with E-state index in [0.29, 0.717) is 13.0 Å². The zero-order chi connectivity index (χ0) is 17.1. The average Bonchev–Trinajstić information content (AvgIpc) is 3.17. The number of aromatic amines is 1. The molecule has 1 aromatic carbocycles. The Hall–Kier alpha value is -2.63. The van der Waals surface area contributed by atoms with Crippen molar-refractivity contribution in [2.75, 3.05) is 13.6 Å². The molecule has 1 N–H and O–H groups in total. The average molecular weight is 325 g/mol. The van der Waals surface area contributed by atoms with Gasteiger partial charge in [-0.1, -0.05) is 12.1 Å². The quantitative estimate of drug-likeness (QED) is 0.756. The molecule has 0 aliphatic heterocycles. The molecule has 0 spiro atoms. The molecule has 1 amide bonds. The van der Waals surface area contributed by atoms with E-state index in [2.05, 4.69) is 28.1 Å². The zero-order valence-electron chi connectivity index (χ0n) is 14.4. The lowest BCUT2D eigenvalue weighted by Crippen LogP contribution is -2.29. The van der Waals surface area contributed by atoms with Crippen LogP contribution in [0.3, 0.4) is 0 Å². The Morgan fingerprint density at radius 2 is 2.17 bits per heavy atom. The van der Waals surface area contributed by atoms with Crippen molar-refractivity contribution in [3.05, 3.63) is 47.5 Å². The van der Waals surface area contributed by atoms with E-state index in [1.807, 2.05) is 38.6 Å². The first kappa shape index (κ1) is 16.2. The third kappa shape index (κ3) is 3.64. The van der Waals surface area contributed by atoms with Crippen LogP contribution in [0.4, 0.5) is 0 Å². The van der Waals surface area contributed by atoms with Gasteiger partial charge in [-0.2, -0.15) is 5.10 Å². The summed E-state index contributed by atoms with van der Waals surface area (Å²) in [6.07, 6.45) is 5.71. The summed E-state index contributed by atoms with van der Waals surface area (Å²) in [5.74, 6) is 1.07. The molecule has 2 heterocycles. The minimum absolute atomic E-state index is 0.145. The van der Waals surface area contributed by atoms with Gasteiger partial charge in [-0.15, -0.1) is 0 Å². The third-order valence-corrected chi connectivity index (χ3v) is 4.26. The van der Waals surface area contributed by atoms with Gasteiger partial charge < -0.3 is 9.88 Å². The summed E-state index contributed by atoms with van der Waals surface area (Å²) < 4.78 is 1.76. The van der Waals surface area contributed by atoms with Crippen LogP contribution in [0, 0.1) is 6.92 Å². The monoisotopic (exact) mass is 325 g/mol. The Bertz CT molecular complexity index is 848. The molecule has 2 aromatic heterocycles. The van der Waals surface area contributed by atoms with Crippen molar-refractivity contribution in [1.82, 2.24) is 24.6 Å². The summed E-state index contributed by atoms with van der Waals surface area (Å²) in [7, 11) is 3.73. The number of amides is 1. The van der Waals surface area contributed by atoms with Crippen molar-refractivity contribution in [1.29, 1.82) is 0 Å². The second-order valence-electron chi connectivity index (χ2n) is 6.24. The highest BCUT2D eigenvalue weighted by atomic mass is 16.2. The van der Waals surface area contributed by atoms with E-state index in [1.54, 1.807) is 9.58 Å². The Labute approximate surface area is 141 Å². The van der Waals surface area contributed by atoms with Gasteiger partial charge in [0, 0.05) is 39.7 Å². The minimum atomic E-state index is 0.145. The van der Waals surface area contributed by atoms with Gasteiger partial charge in [0.15, 0.2) is 0 Å². The van der Waals surface area contributed by atoms with Crippen LogP contribution >= 0.6 is 0 Å². The van der Waals surface area contributed by atoms with E-state index in [0.717, 1.165) is 40.8 Å². The summed E-state index contributed by atoms with van der Waals surface area (Å²) in [5, 5.41) is 4.12. The second kappa shape index (κ2) is 6.86. The van der Waals surface area contributed by atoms with Crippen LogP contribution in [0.5, 0.6) is 0 Å². The molecule has 0 saturated heterocycles. The number of carbonyl (C=O) groups is 1. The maximum Gasteiger partial charge on any atom is 0.222 e. The molecule has 0 fully saturated rings. The number of aromatic nitrogens is 4. The molecule has 0 saturated carbocycles. The van der Waals surface area contributed by atoms with E-state index in [-0.39, 0.29) is 5.91 Å². The molecule has 0 radical (unpaired) electrons. The van der Waals surface area contributed by atoms with Crippen LogP contribution in [0.15, 0.2) is 30.6 Å². The molecule has 24 heavy (non-hydrogen) atoms. The number of H-pyrrole nitrogens is 1. The standard InChI is InChI=1S/C18H23N5O/c1-13-5-4-6-15-18(13)21-16(20-15)9-10-22(2)17(24)8-7-14-11-19-23(3)12-14/h4-6,11-12H,7-10H2,1-3H3,(H,20,21). The van der Waals surface area contributed by atoms with Crippen molar-refractivity contribution in [2.45, 2.75) is 26.2 Å². The van der Waals surface area contributed by atoms with E-state index < -0.39 is 0 Å². The largest absolute Gasteiger partial charge is 0.345 e. The van der Waals surface area contributed by atoms with E-state index >= 15 is 0 Å². The number of rotatable bonds is 6. The molecule has 6 heteroatoms. The fourth-order valence-electron chi connectivity index (χ4n) is 2.79. The summed E-state index contributed by atoms with van der Waals surface area (Å²) in [4.78, 5) is 22.0. The molecule has 0 atom stereocenters. The van der Waals surface area contributed by atoms with Crippen LogP contribution < -0.4 is 0 Å². The molecule has 3 rings (SSSR count). The Kier molecular flexibility index (Phi) is 4.64. The van der Waals surface area contributed by atoms with Gasteiger partial charge in [-0.25, -0.2) is 4.98 Å². The fourth-order valence-corrected chi connectivity index (χ4v) is 2.79. The lowest BCUT2D eigenvalue weighted by molar-refractivity contribution is -0.129. The first-order valence-electron chi connectivity index (χ1n) is 8.18. The van der Waals surface area contributed by atoms with Gasteiger partial charge in [0.1, 0.15) is 5.82 Å². The van der Waals surface area contributed by atoms with Crippen LogP contribution in [0.1, 0.15) is 23.4 Å². The molecule has 126 valence electrons. The first-order chi connectivity index (χ1) is 11.5. The molecule has 0 aliphatic rings. The van der Waals surface area contributed by atoms with Crippen LogP contribution in [0.25, 0.3) is 11.0 Å². The fraction of sp³-hybridized carbons (Fsp3) is 0.389.